The Balaban J connectivity index is 0.00000242. The topological polar surface area (TPSA) is 73.5 Å². The summed E-state index contributed by atoms with van der Waals surface area (Å²) in [6.07, 6.45) is 0.918. The van der Waals surface area contributed by atoms with Gasteiger partial charge in [-0.2, -0.15) is 0 Å². The van der Waals surface area contributed by atoms with Crippen LogP contribution in [0.25, 0.3) is 0 Å². The maximum absolute atomic E-state index is 12.0. The number of halogens is 1. The van der Waals surface area contributed by atoms with Gasteiger partial charge in [0.1, 0.15) is 0 Å². The van der Waals surface area contributed by atoms with Gasteiger partial charge in [0, 0.05) is 36.9 Å². The first kappa shape index (κ1) is 18.3. The number of carbonyl (C=O) groups excluding carboxylic acids is 2. The minimum absolute atomic E-state index is 0. The molecule has 7 heteroatoms. The normalized spacial score (nSPS) is 15.5. The molecule has 122 valence electrons. The van der Waals surface area contributed by atoms with Crippen molar-refractivity contribution in [3.63, 3.8) is 0 Å². The maximum atomic E-state index is 12.0. The highest BCUT2D eigenvalue weighted by atomic mass is 35.5. The molecule has 0 spiro atoms. The van der Waals surface area contributed by atoms with E-state index >= 15 is 0 Å². The number of urea groups is 1. The maximum Gasteiger partial charge on any atom is 0.321 e. The average Bonchev–Trinajstić information content (AvgIpc) is 2.48. The number of carbonyl (C=O) groups is 2. The zero-order chi connectivity index (χ0) is 15.2. The van der Waals surface area contributed by atoms with Gasteiger partial charge in [-0.15, -0.1) is 12.4 Å². The molecule has 1 fully saturated rings. The van der Waals surface area contributed by atoms with Crippen LogP contribution in [-0.2, 0) is 4.79 Å². The summed E-state index contributed by atoms with van der Waals surface area (Å²) in [7, 11) is 1.82. The van der Waals surface area contributed by atoms with Crippen LogP contribution in [-0.4, -0.2) is 38.6 Å². The third-order valence-corrected chi connectivity index (χ3v) is 3.46. The molecule has 3 N–H and O–H groups in total. The molecule has 1 aliphatic rings. The van der Waals surface area contributed by atoms with Crippen LogP contribution in [0.15, 0.2) is 24.3 Å². The van der Waals surface area contributed by atoms with Crippen LogP contribution in [0.3, 0.4) is 0 Å². The van der Waals surface area contributed by atoms with E-state index in [1.807, 2.05) is 38.2 Å². The number of nitrogens with one attached hydrogen (secondary N) is 3. The van der Waals surface area contributed by atoms with Crippen molar-refractivity contribution in [3.05, 3.63) is 24.3 Å². The van der Waals surface area contributed by atoms with Gasteiger partial charge in [-0.3, -0.25) is 9.69 Å². The first-order valence-electron chi connectivity index (χ1n) is 7.22. The van der Waals surface area contributed by atoms with Crippen LogP contribution in [0.4, 0.5) is 16.2 Å². The Kier molecular flexibility index (Phi) is 7.14. The van der Waals surface area contributed by atoms with E-state index in [0.29, 0.717) is 25.3 Å². The van der Waals surface area contributed by atoms with Gasteiger partial charge in [0.05, 0.1) is 0 Å². The molecule has 1 aliphatic heterocycles. The highest BCUT2D eigenvalue weighted by molar-refractivity contribution is 5.95. The average molecular weight is 327 g/mol. The highest BCUT2D eigenvalue weighted by Gasteiger charge is 2.19. The third kappa shape index (κ3) is 4.61. The van der Waals surface area contributed by atoms with Crippen molar-refractivity contribution in [2.45, 2.75) is 13.3 Å². The molecule has 6 nitrogen and oxygen atoms in total. The Bertz CT molecular complexity index is 524. The zero-order valence-corrected chi connectivity index (χ0v) is 13.7. The molecule has 22 heavy (non-hydrogen) atoms. The van der Waals surface area contributed by atoms with Crippen LogP contribution in [0.1, 0.15) is 13.3 Å². The predicted molar refractivity (Wildman–Crippen MR) is 90.8 cm³/mol. The van der Waals surface area contributed by atoms with Gasteiger partial charge in [0.2, 0.25) is 5.91 Å². The van der Waals surface area contributed by atoms with Crippen LogP contribution in [0, 0.1) is 5.92 Å². The number of anilines is 2. The summed E-state index contributed by atoms with van der Waals surface area (Å²) in [5.74, 6) is -0.151. The second kappa shape index (κ2) is 8.60. The van der Waals surface area contributed by atoms with E-state index in [9.17, 15) is 9.59 Å². The smallest absolute Gasteiger partial charge is 0.321 e. The van der Waals surface area contributed by atoms with Crippen molar-refractivity contribution < 1.29 is 9.59 Å². The molecule has 0 aromatic heterocycles. The summed E-state index contributed by atoms with van der Waals surface area (Å²) >= 11 is 0. The quantitative estimate of drug-likeness (QED) is 0.772. The number of nitrogens with zero attached hydrogens (tertiary/aromatic N) is 1. The SMILES string of the molecule is CNCC(C)C(=O)Nc1cccc(N2CCCNC2=O)c1.Cl. The van der Waals surface area contributed by atoms with Crippen molar-refractivity contribution in [1.82, 2.24) is 10.6 Å². The molecule has 0 saturated carbocycles. The van der Waals surface area contributed by atoms with E-state index in [1.54, 1.807) is 4.90 Å². The summed E-state index contributed by atoms with van der Waals surface area (Å²) in [6, 6.07) is 7.28. The fourth-order valence-corrected chi connectivity index (χ4v) is 2.29. The molecular formula is C15H23ClN4O2. The van der Waals surface area contributed by atoms with E-state index in [-0.39, 0.29) is 30.3 Å². The summed E-state index contributed by atoms with van der Waals surface area (Å²) < 4.78 is 0. The van der Waals surface area contributed by atoms with Crippen LogP contribution < -0.4 is 20.9 Å². The van der Waals surface area contributed by atoms with E-state index in [4.69, 9.17) is 0 Å². The third-order valence-electron chi connectivity index (χ3n) is 3.46. The van der Waals surface area contributed by atoms with E-state index in [2.05, 4.69) is 16.0 Å². The van der Waals surface area contributed by atoms with Crippen molar-refractivity contribution >= 4 is 35.7 Å². The van der Waals surface area contributed by atoms with Gasteiger partial charge in [-0.1, -0.05) is 13.0 Å². The van der Waals surface area contributed by atoms with E-state index in [1.165, 1.54) is 0 Å². The van der Waals surface area contributed by atoms with Gasteiger partial charge in [-0.05, 0) is 31.7 Å². The van der Waals surface area contributed by atoms with Gasteiger partial charge in [-0.25, -0.2) is 4.79 Å². The van der Waals surface area contributed by atoms with Gasteiger partial charge in [0.25, 0.3) is 0 Å². The monoisotopic (exact) mass is 326 g/mol. The Hall–Kier alpha value is -1.79. The lowest BCUT2D eigenvalue weighted by Crippen LogP contribution is -2.46. The lowest BCUT2D eigenvalue weighted by Gasteiger charge is -2.27. The minimum Gasteiger partial charge on any atom is -0.338 e. The van der Waals surface area contributed by atoms with Crippen molar-refractivity contribution in [3.8, 4) is 0 Å². The molecular weight excluding hydrogens is 304 g/mol. The molecule has 0 aliphatic carbocycles. The Morgan fingerprint density at radius 3 is 2.91 bits per heavy atom. The predicted octanol–water partition coefficient (Wildman–Crippen LogP) is 1.82. The molecule has 2 rings (SSSR count). The molecule has 1 heterocycles. The number of rotatable bonds is 5. The standard InChI is InChI=1S/C15H22N4O2.ClH/c1-11(10-16-2)14(20)18-12-5-3-6-13(9-12)19-8-4-7-17-15(19)21;/h3,5-6,9,11,16H,4,7-8,10H2,1-2H3,(H,17,21)(H,18,20);1H. The largest absolute Gasteiger partial charge is 0.338 e. The fraction of sp³-hybridized carbons (Fsp3) is 0.467. The van der Waals surface area contributed by atoms with Gasteiger partial charge < -0.3 is 16.0 Å². The van der Waals surface area contributed by atoms with Crippen molar-refractivity contribution in [1.29, 1.82) is 0 Å². The number of amides is 3. The first-order chi connectivity index (χ1) is 10.1. The molecule has 1 aromatic rings. The second-order valence-corrected chi connectivity index (χ2v) is 5.24. The van der Waals surface area contributed by atoms with Crippen molar-refractivity contribution in [2.24, 2.45) is 5.92 Å². The Morgan fingerprint density at radius 1 is 1.45 bits per heavy atom. The molecule has 0 bridgehead atoms. The first-order valence-corrected chi connectivity index (χ1v) is 7.22. The highest BCUT2D eigenvalue weighted by Crippen LogP contribution is 2.21. The van der Waals surface area contributed by atoms with Gasteiger partial charge in [0.15, 0.2) is 0 Å². The Morgan fingerprint density at radius 2 is 2.23 bits per heavy atom. The number of hydrogen-bond acceptors (Lipinski definition) is 3. The van der Waals surface area contributed by atoms with Crippen LogP contribution in [0.5, 0.6) is 0 Å². The summed E-state index contributed by atoms with van der Waals surface area (Å²) in [4.78, 5) is 25.5. The molecule has 1 aromatic carbocycles. The molecule has 3 amide bonds. The van der Waals surface area contributed by atoms with E-state index in [0.717, 1.165) is 12.1 Å². The molecule has 0 radical (unpaired) electrons. The summed E-state index contributed by atoms with van der Waals surface area (Å²) in [5, 5.41) is 8.68. The lowest BCUT2D eigenvalue weighted by atomic mass is 10.1. The number of benzene rings is 1. The van der Waals surface area contributed by atoms with Crippen molar-refractivity contribution in [2.75, 3.05) is 36.9 Å². The lowest BCUT2D eigenvalue weighted by molar-refractivity contribution is -0.119. The molecule has 1 saturated heterocycles. The zero-order valence-electron chi connectivity index (χ0n) is 12.9. The molecule has 1 atom stereocenters. The minimum atomic E-state index is -0.114. The second-order valence-electron chi connectivity index (χ2n) is 5.24. The summed E-state index contributed by atoms with van der Waals surface area (Å²) in [5.41, 5.74) is 1.50. The molecule has 1 unspecified atom stereocenters. The fourth-order valence-electron chi connectivity index (χ4n) is 2.29. The number of hydrogen-bond donors (Lipinski definition) is 3. The van der Waals surface area contributed by atoms with E-state index < -0.39 is 0 Å². The van der Waals surface area contributed by atoms with Gasteiger partial charge >= 0.3 is 6.03 Å². The Labute approximate surface area is 137 Å². The van der Waals surface area contributed by atoms with Crippen LogP contribution >= 0.6 is 12.4 Å². The van der Waals surface area contributed by atoms with Crippen LogP contribution in [0.2, 0.25) is 0 Å². The summed E-state index contributed by atoms with van der Waals surface area (Å²) in [6.45, 7) is 3.90.